The highest BCUT2D eigenvalue weighted by Crippen LogP contribution is 2.36. The largest absolute Gasteiger partial charge is 0.494 e. The fourth-order valence-corrected chi connectivity index (χ4v) is 3.03. The highest BCUT2D eigenvalue weighted by atomic mass is 16.7. The lowest BCUT2D eigenvalue weighted by Gasteiger charge is -2.32. The average Bonchev–Trinajstić information content (AvgIpc) is 2.84. The van der Waals surface area contributed by atoms with Crippen LogP contribution in [0.4, 0.5) is 4.79 Å². The standard InChI is InChI=1S/C22H34BNO6/c1-20(2,3)28-19(26)24-17(18(25)27-8)13-12-15-10-9-11-16(14-15)23-29-21(4,5)22(6,7)30-23/h9-11,14,17H,12-13H2,1-8H3,(H,24,26). The van der Waals surface area contributed by atoms with Crippen molar-refractivity contribution in [2.24, 2.45) is 0 Å². The summed E-state index contributed by atoms with van der Waals surface area (Å²) >= 11 is 0. The Hall–Kier alpha value is -2.06. The van der Waals surface area contributed by atoms with Crippen molar-refractivity contribution in [1.82, 2.24) is 5.32 Å². The van der Waals surface area contributed by atoms with E-state index in [0.717, 1.165) is 11.0 Å². The Balaban J connectivity index is 2.05. The Morgan fingerprint density at radius 2 is 1.73 bits per heavy atom. The third-order valence-corrected chi connectivity index (χ3v) is 5.37. The molecule has 30 heavy (non-hydrogen) atoms. The minimum Gasteiger partial charge on any atom is -0.467 e. The summed E-state index contributed by atoms with van der Waals surface area (Å²) in [4.78, 5) is 24.2. The van der Waals surface area contributed by atoms with E-state index in [4.69, 9.17) is 18.8 Å². The molecular weight excluding hydrogens is 385 g/mol. The van der Waals surface area contributed by atoms with Crippen LogP contribution in [0.1, 0.15) is 60.5 Å². The van der Waals surface area contributed by atoms with Gasteiger partial charge in [-0.2, -0.15) is 0 Å². The first-order chi connectivity index (χ1) is 13.7. The van der Waals surface area contributed by atoms with Crippen LogP contribution in [0.2, 0.25) is 0 Å². The topological polar surface area (TPSA) is 83.1 Å². The van der Waals surface area contributed by atoms with E-state index in [0.29, 0.717) is 12.8 Å². The van der Waals surface area contributed by atoms with Gasteiger partial charge in [0.15, 0.2) is 0 Å². The van der Waals surface area contributed by atoms with E-state index < -0.39 is 42.0 Å². The Morgan fingerprint density at radius 3 is 2.27 bits per heavy atom. The van der Waals surface area contributed by atoms with E-state index in [-0.39, 0.29) is 0 Å². The van der Waals surface area contributed by atoms with Gasteiger partial charge in [-0.05, 0) is 72.3 Å². The van der Waals surface area contributed by atoms with Crippen LogP contribution in [0, 0.1) is 0 Å². The molecular formula is C22H34BNO6. The van der Waals surface area contributed by atoms with Gasteiger partial charge in [-0.1, -0.05) is 24.3 Å². The maximum Gasteiger partial charge on any atom is 0.494 e. The summed E-state index contributed by atoms with van der Waals surface area (Å²) in [7, 11) is 0.844. The number of methoxy groups -OCH3 is 1. The number of rotatable bonds is 6. The van der Waals surface area contributed by atoms with Crippen LogP contribution in [0.3, 0.4) is 0 Å². The van der Waals surface area contributed by atoms with Gasteiger partial charge in [-0.25, -0.2) is 9.59 Å². The van der Waals surface area contributed by atoms with E-state index >= 15 is 0 Å². The molecule has 0 aromatic heterocycles. The van der Waals surface area contributed by atoms with Crippen LogP contribution < -0.4 is 10.8 Å². The van der Waals surface area contributed by atoms with Crippen LogP contribution in [0.15, 0.2) is 24.3 Å². The van der Waals surface area contributed by atoms with Crippen molar-refractivity contribution in [2.45, 2.75) is 84.2 Å². The first-order valence-electron chi connectivity index (χ1n) is 10.3. The summed E-state index contributed by atoms with van der Waals surface area (Å²) in [6.45, 7) is 13.4. The molecule has 1 heterocycles. The van der Waals surface area contributed by atoms with Gasteiger partial charge in [0, 0.05) is 0 Å². The number of amides is 1. The summed E-state index contributed by atoms with van der Waals surface area (Å²) in [6, 6.07) is 7.07. The van der Waals surface area contributed by atoms with Gasteiger partial charge in [0.1, 0.15) is 11.6 Å². The molecule has 0 saturated carbocycles. The number of esters is 1. The van der Waals surface area contributed by atoms with Crippen molar-refractivity contribution in [2.75, 3.05) is 7.11 Å². The molecule has 1 atom stereocenters. The van der Waals surface area contributed by atoms with Gasteiger partial charge < -0.3 is 24.1 Å². The average molecular weight is 419 g/mol. The molecule has 7 nitrogen and oxygen atoms in total. The van der Waals surface area contributed by atoms with Crippen LogP contribution in [-0.2, 0) is 30.0 Å². The fraction of sp³-hybridized carbons (Fsp3) is 0.636. The highest BCUT2D eigenvalue weighted by Gasteiger charge is 2.51. The van der Waals surface area contributed by atoms with E-state index in [9.17, 15) is 9.59 Å². The molecule has 1 aromatic rings. The molecule has 1 aliphatic rings. The summed E-state index contributed by atoms with van der Waals surface area (Å²) in [6.07, 6.45) is 0.283. The second kappa shape index (κ2) is 8.98. The number of ether oxygens (including phenoxy) is 2. The van der Waals surface area contributed by atoms with Gasteiger partial charge in [0.05, 0.1) is 18.3 Å². The molecule has 1 fully saturated rings. The summed E-state index contributed by atoms with van der Waals surface area (Å²) in [5.41, 5.74) is 0.437. The number of benzene rings is 1. The predicted molar refractivity (Wildman–Crippen MR) is 116 cm³/mol. The predicted octanol–water partition coefficient (Wildman–Crippen LogP) is 2.98. The number of carbonyl (C=O) groups is 2. The zero-order valence-corrected chi connectivity index (χ0v) is 19.3. The molecule has 1 aromatic carbocycles. The molecule has 0 aliphatic carbocycles. The Bertz CT molecular complexity index is 755. The Morgan fingerprint density at radius 1 is 1.13 bits per heavy atom. The second-order valence-electron chi connectivity index (χ2n) is 9.59. The fourth-order valence-electron chi connectivity index (χ4n) is 3.03. The van der Waals surface area contributed by atoms with Crippen molar-refractivity contribution in [3.05, 3.63) is 29.8 Å². The number of alkyl carbamates (subject to hydrolysis) is 1. The third kappa shape index (κ3) is 6.22. The molecule has 166 valence electrons. The van der Waals surface area contributed by atoms with Crippen molar-refractivity contribution >= 4 is 24.6 Å². The number of hydrogen-bond acceptors (Lipinski definition) is 6. The van der Waals surface area contributed by atoms with Crippen molar-refractivity contribution < 1.29 is 28.4 Å². The van der Waals surface area contributed by atoms with Gasteiger partial charge >= 0.3 is 19.2 Å². The lowest BCUT2D eigenvalue weighted by atomic mass is 9.78. The Kier molecular flexibility index (Phi) is 7.25. The summed E-state index contributed by atoms with van der Waals surface area (Å²) in [5.74, 6) is -0.511. The van der Waals surface area contributed by atoms with Gasteiger partial charge in [-0.15, -0.1) is 0 Å². The number of aryl methyl sites for hydroxylation is 1. The molecule has 2 rings (SSSR count). The lowest BCUT2D eigenvalue weighted by molar-refractivity contribution is -0.143. The normalized spacial score (nSPS) is 18.6. The van der Waals surface area contributed by atoms with E-state index in [1.54, 1.807) is 20.8 Å². The summed E-state index contributed by atoms with van der Waals surface area (Å²) < 4.78 is 22.3. The molecule has 0 spiro atoms. The molecule has 1 aliphatic heterocycles. The minimum absolute atomic E-state index is 0.374. The minimum atomic E-state index is -0.801. The van der Waals surface area contributed by atoms with Crippen molar-refractivity contribution in [3.63, 3.8) is 0 Å². The number of carbonyl (C=O) groups excluding carboxylic acids is 2. The van der Waals surface area contributed by atoms with Crippen molar-refractivity contribution in [3.8, 4) is 0 Å². The quantitative estimate of drug-likeness (QED) is 0.564. The molecule has 0 bridgehead atoms. The van der Waals surface area contributed by atoms with Crippen LogP contribution in [-0.4, -0.2) is 49.1 Å². The van der Waals surface area contributed by atoms with Crippen LogP contribution in [0.25, 0.3) is 0 Å². The van der Waals surface area contributed by atoms with Crippen LogP contribution in [0.5, 0.6) is 0 Å². The summed E-state index contributed by atoms with van der Waals surface area (Å²) in [5, 5.41) is 2.60. The molecule has 1 amide bonds. The number of hydrogen-bond donors (Lipinski definition) is 1. The maximum atomic E-state index is 12.1. The SMILES string of the molecule is COC(=O)C(CCc1cccc(B2OC(C)(C)C(C)(C)O2)c1)NC(=O)OC(C)(C)C. The van der Waals surface area contributed by atoms with Gasteiger partial charge in [0.25, 0.3) is 0 Å². The molecule has 1 N–H and O–H groups in total. The van der Waals surface area contributed by atoms with Gasteiger partial charge in [0.2, 0.25) is 0 Å². The van der Waals surface area contributed by atoms with Crippen molar-refractivity contribution in [1.29, 1.82) is 0 Å². The second-order valence-corrected chi connectivity index (χ2v) is 9.59. The molecule has 1 unspecified atom stereocenters. The lowest BCUT2D eigenvalue weighted by Crippen LogP contribution is -2.44. The highest BCUT2D eigenvalue weighted by molar-refractivity contribution is 6.62. The van der Waals surface area contributed by atoms with E-state index in [2.05, 4.69) is 5.32 Å². The van der Waals surface area contributed by atoms with Gasteiger partial charge in [-0.3, -0.25) is 0 Å². The monoisotopic (exact) mass is 419 g/mol. The first-order valence-corrected chi connectivity index (χ1v) is 10.3. The smallest absolute Gasteiger partial charge is 0.467 e. The third-order valence-electron chi connectivity index (χ3n) is 5.37. The maximum absolute atomic E-state index is 12.1. The zero-order chi connectivity index (χ0) is 22.7. The molecule has 8 heteroatoms. The van der Waals surface area contributed by atoms with E-state index in [1.807, 2.05) is 52.0 Å². The number of nitrogens with one attached hydrogen (secondary N) is 1. The molecule has 0 radical (unpaired) electrons. The van der Waals surface area contributed by atoms with Crippen LogP contribution >= 0.6 is 0 Å². The van der Waals surface area contributed by atoms with E-state index in [1.165, 1.54) is 7.11 Å². The Labute approximate surface area is 179 Å². The first kappa shape index (κ1) is 24.2. The zero-order valence-electron chi connectivity index (χ0n) is 19.3. The molecule has 1 saturated heterocycles.